The van der Waals surface area contributed by atoms with Crippen LogP contribution in [0.15, 0.2) is 58.5 Å². The minimum atomic E-state index is -1.16. The van der Waals surface area contributed by atoms with E-state index in [9.17, 15) is 9.90 Å². The molecule has 0 aliphatic carbocycles. The minimum absolute atomic E-state index is 0.00755. The van der Waals surface area contributed by atoms with Crippen LogP contribution in [0.25, 0.3) is 16.0 Å². The Morgan fingerprint density at radius 3 is 2.67 bits per heavy atom. The van der Waals surface area contributed by atoms with Crippen LogP contribution in [-0.4, -0.2) is 51.0 Å². The maximum Gasteiger partial charge on any atom is 0.310 e. The van der Waals surface area contributed by atoms with E-state index in [0.29, 0.717) is 13.3 Å². The highest BCUT2D eigenvalue weighted by molar-refractivity contribution is 8.00. The van der Waals surface area contributed by atoms with Gasteiger partial charge in [0.15, 0.2) is 5.82 Å². The average molecular weight is 543 g/mol. The SMILES string of the molecule is CC(CO)Sc1ccc(-n2ccc(C(C)c3ccc4c(c3)sc(=O)n4COCC[Si](C)(C)C)n2)nc1. The van der Waals surface area contributed by atoms with Gasteiger partial charge < -0.3 is 9.84 Å². The summed E-state index contributed by atoms with van der Waals surface area (Å²) in [5.74, 6) is 0.809. The topological polar surface area (TPSA) is 82.2 Å². The molecule has 36 heavy (non-hydrogen) atoms. The lowest BCUT2D eigenvalue weighted by Gasteiger charge is -2.15. The molecule has 0 aliphatic heterocycles. The average Bonchev–Trinajstić information content (AvgIpc) is 3.45. The molecule has 4 rings (SSSR count). The van der Waals surface area contributed by atoms with Gasteiger partial charge in [-0.3, -0.25) is 9.36 Å². The molecule has 0 fully saturated rings. The molecule has 3 heterocycles. The molecule has 2 atom stereocenters. The minimum Gasteiger partial charge on any atom is -0.395 e. The van der Waals surface area contributed by atoms with Crippen molar-refractivity contribution in [2.45, 2.75) is 62.3 Å². The number of aliphatic hydroxyl groups excluding tert-OH is 1. The van der Waals surface area contributed by atoms with E-state index in [1.807, 2.05) is 43.6 Å². The van der Waals surface area contributed by atoms with Crippen molar-refractivity contribution in [1.29, 1.82) is 0 Å². The molecule has 10 heteroatoms. The molecule has 7 nitrogen and oxygen atoms in total. The molecule has 2 unspecified atom stereocenters. The number of thiazole rings is 1. The number of aliphatic hydroxyl groups is 1. The van der Waals surface area contributed by atoms with Gasteiger partial charge in [0, 0.05) is 43.1 Å². The Kier molecular flexibility index (Phi) is 8.51. The molecule has 0 amide bonds. The van der Waals surface area contributed by atoms with E-state index in [2.05, 4.69) is 43.7 Å². The number of aromatic nitrogens is 4. The van der Waals surface area contributed by atoms with E-state index >= 15 is 0 Å². The van der Waals surface area contributed by atoms with E-state index in [0.717, 1.165) is 38.2 Å². The van der Waals surface area contributed by atoms with Crippen molar-refractivity contribution in [2.75, 3.05) is 13.2 Å². The number of hydrogen-bond acceptors (Lipinski definition) is 7. The van der Waals surface area contributed by atoms with Crippen LogP contribution in [0.2, 0.25) is 25.7 Å². The number of thioether (sulfide) groups is 1. The Hall–Kier alpha value is -2.24. The van der Waals surface area contributed by atoms with Gasteiger partial charge in [0.2, 0.25) is 0 Å². The van der Waals surface area contributed by atoms with Crippen LogP contribution in [0, 0.1) is 0 Å². The van der Waals surface area contributed by atoms with Gasteiger partial charge in [0.05, 0.1) is 22.5 Å². The molecule has 1 N–H and O–H groups in total. The fourth-order valence-corrected chi connectivity index (χ4v) is 6.21. The predicted molar refractivity (Wildman–Crippen MR) is 151 cm³/mol. The summed E-state index contributed by atoms with van der Waals surface area (Å²) in [7, 11) is -1.16. The fraction of sp³-hybridized carbons (Fsp3) is 0.423. The molecule has 3 aromatic heterocycles. The van der Waals surface area contributed by atoms with Crippen molar-refractivity contribution in [3.05, 3.63) is 69.7 Å². The maximum atomic E-state index is 12.6. The summed E-state index contributed by atoms with van der Waals surface area (Å²) in [5.41, 5.74) is 2.96. The smallest absolute Gasteiger partial charge is 0.310 e. The largest absolute Gasteiger partial charge is 0.395 e. The van der Waals surface area contributed by atoms with Gasteiger partial charge >= 0.3 is 4.87 Å². The van der Waals surface area contributed by atoms with Gasteiger partial charge in [-0.2, -0.15) is 5.10 Å². The first-order valence-corrected chi connectivity index (χ1v) is 17.6. The molecular weight excluding hydrogens is 509 g/mol. The molecule has 192 valence electrons. The number of rotatable bonds is 11. The molecule has 4 aromatic rings. The molecule has 0 aliphatic rings. The van der Waals surface area contributed by atoms with Gasteiger partial charge in [-0.05, 0) is 41.9 Å². The van der Waals surface area contributed by atoms with Gasteiger partial charge in [0.1, 0.15) is 6.73 Å². The summed E-state index contributed by atoms with van der Waals surface area (Å²) in [6.07, 6.45) is 3.73. The lowest BCUT2D eigenvalue weighted by Crippen LogP contribution is -2.23. The lowest BCUT2D eigenvalue weighted by atomic mass is 9.98. The van der Waals surface area contributed by atoms with Crippen LogP contribution in [0.5, 0.6) is 0 Å². The first kappa shape index (κ1) is 26.8. The Morgan fingerprint density at radius 2 is 1.97 bits per heavy atom. The zero-order valence-corrected chi connectivity index (χ0v) is 24.1. The normalized spacial score (nSPS) is 13.8. The standard InChI is InChI=1S/C26H34N4O3S2Si/c1-18(16-31)34-21-7-9-25(27-15-21)30-11-10-22(28-30)19(2)20-6-8-23-24(14-20)35-26(32)29(23)17-33-12-13-36(3,4)5/h6-11,14-15,18-19,31H,12-13,16-17H2,1-5H3. The molecule has 0 radical (unpaired) electrons. The second-order valence-corrected chi connectivity index (χ2v) is 18.4. The summed E-state index contributed by atoms with van der Waals surface area (Å²) in [6, 6.07) is 13.2. The number of nitrogens with zero attached hydrogens (tertiary/aromatic N) is 4. The first-order chi connectivity index (χ1) is 17.1. The Morgan fingerprint density at radius 1 is 1.17 bits per heavy atom. The van der Waals surface area contributed by atoms with E-state index in [1.165, 1.54) is 11.3 Å². The molecular formula is C26H34N4O3S2Si. The quantitative estimate of drug-likeness (QED) is 0.151. The van der Waals surface area contributed by atoms with Gasteiger partial charge in [0.25, 0.3) is 0 Å². The monoisotopic (exact) mass is 542 g/mol. The zero-order chi connectivity index (χ0) is 25.9. The highest BCUT2D eigenvalue weighted by Gasteiger charge is 2.16. The van der Waals surface area contributed by atoms with E-state index in [1.54, 1.807) is 21.0 Å². The number of benzene rings is 1. The summed E-state index contributed by atoms with van der Waals surface area (Å²) >= 11 is 2.85. The highest BCUT2D eigenvalue weighted by Crippen LogP contribution is 2.28. The summed E-state index contributed by atoms with van der Waals surface area (Å²) < 4.78 is 10.3. The van der Waals surface area contributed by atoms with Crippen molar-refractivity contribution in [3.8, 4) is 5.82 Å². The van der Waals surface area contributed by atoms with Gasteiger partial charge in [-0.1, -0.05) is 50.9 Å². The second kappa shape index (κ2) is 11.4. The Labute approximate surface area is 221 Å². The molecule has 0 saturated carbocycles. The third kappa shape index (κ3) is 6.54. The van der Waals surface area contributed by atoms with Crippen LogP contribution < -0.4 is 4.87 Å². The summed E-state index contributed by atoms with van der Waals surface area (Å²) in [5, 5.41) is 14.1. The van der Waals surface area contributed by atoms with E-state index < -0.39 is 8.07 Å². The summed E-state index contributed by atoms with van der Waals surface area (Å²) in [4.78, 5) is 18.2. The first-order valence-electron chi connectivity index (χ1n) is 12.1. The highest BCUT2D eigenvalue weighted by atomic mass is 32.2. The van der Waals surface area contributed by atoms with Crippen LogP contribution in [-0.2, 0) is 11.5 Å². The van der Waals surface area contributed by atoms with Crippen LogP contribution >= 0.6 is 23.1 Å². The van der Waals surface area contributed by atoms with Crippen molar-refractivity contribution in [2.24, 2.45) is 0 Å². The molecule has 0 saturated heterocycles. The molecule has 0 bridgehead atoms. The maximum absolute atomic E-state index is 12.6. The van der Waals surface area contributed by atoms with Crippen molar-refractivity contribution < 1.29 is 9.84 Å². The van der Waals surface area contributed by atoms with Crippen molar-refractivity contribution in [3.63, 3.8) is 0 Å². The molecule has 0 spiro atoms. The van der Waals surface area contributed by atoms with Crippen LogP contribution in [0.1, 0.15) is 31.0 Å². The van der Waals surface area contributed by atoms with E-state index in [-0.39, 0.29) is 22.6 Å². The van der Waals surface area contributed by atoms with E-state index in [4.69, 9.17) is 9.84 Å². The van der Waals surface area contributed by atoms with Gasteiger partial charge in [-0.15, -0.1) is 11.8 Å². The Balaban J connectivity index is 1.47. The number of ether oxygens (including phenoxy) is 1. The predicted octanol–water partition coefficient (Wildman–Crippen LogP) is 5.58. The van der Waals surface area contributed by atoms with Crippen LogP contribution in [0.3, 0.4) is 0 Å². The zero-order valence-electron chi connectivity index (χ0n) is 21.5. The number of hydrogen-bond donors (Lipinski definition) is 1. The molecule has 1 aromatic carbocycles. The number of pyridine rings is 1. The van der Waals surface area contributed by atoms with Crippen LogP contribution in [0.4, 0.5) is 0 Å². The fourth-order valence-electron chi connectivity index (χ4n) is 3.72. The third-order valence-corrected chi connectivity index (χ3v) is 9.72. The summed E-state index contributed by atoms with van der Waals surface area (Å²) in [6.45, 7) is 12.2. The lowest BCUT2D eigenvalue weighted by molar-refractivity contribution is 0.0888. The third-order valence-electron chi connectivity index (χ3n) is 6.01. The second-order valence-electron chi connectivity index (χ2n) is 10.2. The van der Waals surface area contributed by atoms with Gasteiger partial charge in [-0.25, -0.2) is 9.67 Å². The van der Waals surface area contributed by atoms with Crippen molar-refractivity contribution in [1.82, 2.24) is 19.3 Å². The Bertz CT molecular complexity index is 1360. The van der Waals surface area contributed by atoms with Crippen molar-refractivity contribution >= 4 is 41.4 Å². The number of fused-ring (bicyclic) bond motifs is 1.